The second-order valence-electron chi connectivity index (χ2n) is 22.3. The number of unbranched alkanes of at least 4 members (excludes halogenated alkanes) is 3. The van der Waals surface area contributed by atoms with Crippen molar-refractivity contribution in [1.82, 2.24) is 35.6 Å². The number of carbonyl (C=O) groups excluding carboxylic acids is 9. The van der Waals surface area contributed by atoms with E-state index in [9.17, 15) is 43.2 Å². The van der Waals surface area contributed by atoms with E-state index in [-0.39, 0.29) is 37.4 Å². The molecule has 0 saturated heterocycles. The van der Waals surface area contributed by atoms with Gasteiger partial charge in [-0.2, -0.15) is 0 Å². The van der Waals surface area contributed by atoms with Crippen LogP contribution < -0.4 is 20.8 Å². The first-order valence-corrected chi connectivity index (χ1v) is 29.5. The number of amides is 7. The van der Waals surface area contributed by atoms with E-state index in [1.54, 1.807) is 96.4 Å². The molecule has 4 N–H and O–H groups in total. The Morgan fingerprint density at radius 3 is 1.96 bits per heavy atom. The lowest BCUT2D eigenvalue weighted by Gasteiger charge is -2.33. The summed E-state index contributed by atoms with van der Waals surface area (Å²) in [5.41, 5.74) is 2.83. The summed E-state index contributed by atoms with van der Waals surface area (Å²) in [5, 5.41) is 8.56. The van der Waals surface area contributed by atoms with Gasteiger partial charge in [-0.3, -0.25) is 28.8 Å². The summed E-state index contributed by atoms with van der Waals surface area (Å²) in [4.78, 5) is 133. The van der Waals surface area contributed by atoms with Gasteiger partial charge < -0.3 is 54.5 Å². The zero-order chi connectivity index (χ0) is 63.0. The van der Waals surface area contributed by atoms with Gasteiger partial charge in [0.2, 0.25) is 23.6 Å². The molecule has 0 aliphatic carbocycles. The lowest BCUT2D eigenvalue weighted by Crippen LogP contribution is -2.57. The number of cyclic esters (lactones) is 2. The maximum atomic E-state index is 14.4. The number of allylic oxidation sites excluding steroid dienone is 1. The predicted molar refractivity (Wildman–Crippen MR) is 322 cm³/mol. The summed E-state index contributed by atoms with van der Waals surface area (Å²) in [6.45, 7) is 17.2. The van der Waals surface area contributed by atoms with E-state index in [0.29, 0.717) is 48.5 Å². The minimum absolute atomic E-state index is 0.00528. The second-order valence-corrected chi connectivity index (χ2v) is 22.9. The Balaban J connectivity index is 1.95. The summed E-state index contributed by atoms with van der Waals surface area (Å²) < 4.78 is 23.7. The highest BCUT2D eigenvalue weighted by Crippen LogP contribution is 2.27. The first kappa shape index (κ1) is 71.4. The Morgan fingerprint density at radius 1 is 0.810 bits per heavy atom. The van der Waals surface area contributed by atoms with Crippen LogP contribution in [0.15, 0.2) is 71.8 Å². The monoisotopic (exact) mass is 1210 g/mol. The number of nitrogens with one attached hydrogen (secondary N) is 4. The van der Waals surface area contributed by atoms with Gasteiger partial charge >= 0.3 is 24.1 Å². The Morgan fingerprint density at radius 2 is 1.39 bits per heavy atom. The van der Waals surface area contributed by atoms with E-state index in [0.717, 1.165) is 29.0 Å². The molecule has 7 amide bonds. The number of likely N-dealkylation sites (N-methyl/N-ethyl adjacent to an activating group) is 2. The van der Waals surface area contributed by atoms with Crippen molar-refractivity contribution in [2.75, 3.05) is 52.7 Å². The van der Waals surface area contributed by atoms with E-state index in [2.05, 4.69) is 20.8 Å². The van der Waals surface area contributed by atoms with Crippen LogP contribution in [0.4, 0.5) is 15.3 Å². The third-order valence-corrected chi connectivity index (χ3v) is 15.4. The van der Waals surface area contributed by atoms with Crippen LogP contribution in [0.3, 0.4) is 0 Å². The molecular weight excluding hydrogens is 1120 g/mol. The van der Waals surface area contributed by atoms with Gasteiger partial charge in [0.15, 0.2) is 6.10 Å². The summed E-state index contributed by atoms with van der Waals surface area (Å²) >= 11 is 11.8. The zero-order valence-corrected chi connectivity index (χ0v) is 52.9. The van der Waals surface area contributed by atoms with Crippen LogP contribution in [0, 0.1) is 17.8 Å². The second kappa shape index (κ2) is 35.4. The molecule has 0 fully saturated rings. The van der Waals surface area contributed by atoms with Crippen molar-refractivity contribution < 1.29 is 62.1 Å². The van der Waals surface area contributed by atoms with Crippen LogP contribution in [0.5, 0.6) is 0 Å². The van der Waals surface area contributed by atoms with Crippen LogP contribution in [-0.4, -0.2) is 164 Å². The quantitative estimate of drug-likeness (QED) is 0.0360. The molecule has 0 spiro atoms. The number of rotatable bonds is 18. The molecule has 21 nitrogen and oxygen atoms in total. The molecule has 1 unspecified atom stereocenters. The first-order valence-electron chi connectivity index (χ1n) is 28.7. The Hall–Kier alpha value is -6.87. The highest BCUT2D eigenvalue weighted by molar-refractivity contribution is 6.30. The normalized spacial score (nSPS) is 23.5. The summed E-state index contributed by atoms with van der Waals surface area (Å²) in [6, 6.07) is 9.02. The number of benzene rings is 2. The Bertz CT molecular complexity index is 2600. The third-order valence-electron chi connectivity index (χ3n) is 14.9. The van der Waals surface area contributed by atoms with Crippen LogP contribution in [-0.2, 0) is 65.5 Å². The van der Waals surface area contributed by atoms with Gasteiger partial charge in [-0.1, -0.05) is 102 Å². The minimum Gasteiger partial charge on any atom is -0.456 e. The van der Waals surface area contributed by atoms with Gasteiger partial charge in [0.25, 0.3) is 5.91 Å². The smallest absolute Gasteiger partial charge is 0.409 e. The highest BCUT2D eigenvalue weighted by Gasteiger charge is 2.38. The van der Waals surface area contributed by atoms with Crippen molar-refractivity contribution in [2.24, 2.45) is 17.8 Å². The van der Waals surface area contributed by atoms with E-state index in [1.165, 1.54) is 55.6 Å². The van der Waals surface area contributed by atoms with Gasteiger partial charge in [-0.05, 0) is 107 Å². The van der Waals surface area contributed by atoms with Gasteiger partial charge in [-0.25, -0.2) is 19.2 Å². The molecule has 23 heteroatoms. The molecule has 1 aliphatic rings. The molecule has 1 heterocycles. The van der Waals surface area contributed by atoms with E-state index in [1.807, 2.05) is 20.8 Å². The van der Waals surface area contributed by atoms with Crippen LogP contribution >= 0.6 is 23.4 Å². The summed E-state index contributed by atoms with van der Waals surface area (Å²) in [6.07, 6.45) is 1.94. The summed E-state index contributed by atoms with van der Waals surface area (Å²) in [5.74, 6) is -6.46. The lowest BCUT2D eigenvalue weighted by atomic mass is 9.90. The predicted octanol–water partition coefficient (Wildman–Crippen LogP) is 8.36. The molecule has 9 atom stereocenters. The number of ether oxygens (including phenoxy) is 4. The largest absolute Gasteiger partial charge is 0.456 e. The van der Waals surface area contributed by atoms with Crippen molar-refractivity contribution in [2.45, 2.75) is 170 Å². The fourth-order valence-electron chi connectivity index (χ4n) is 9.07. The fourth-order valence-corrected chi connectivity index (χ4v) is 9.32. The molecule has 2 aromatic carbocycles. The van der Waals surface area contributed by atoms with Crippen LogP contribution in [0.25, 0.3) is 0 Å². The first-order chi connectivity index (χ1) is 39.6. The van der Waals surface area contributed by atoms with Crippen molar-refractivity contribution in [3.63, 3.8) is 0 Å². The average Bonchev–Trinajstić information content (AvgIpc) is 3.50. The molecule has 0 radical (unpaired) electrons. The van der Waals surface area contributed by atoms with Crippen molar-refractivity contribution in [3.8, 4) is 0 Å². The van der Waals surface area contributed by atoms with Gasteiger partial charge in [0.1, 0.15) is 43.0 Å². The molecule has 2 aromatic rings. The zero-order valence-electron chi connectivity index (χ0n) is 51.4. The standard InChI is InChI=1S/C61H90Cl2N8O13/c1-15-38(5)52-55(74)65-43(10)59(78)84-53(39(6)16-2)41(8)49(83-61(80)69(12)32-20-18-17-19-31-68(11)60(79)81-36-45-24-28-47(67-63)29-25-45)30-21-40(7)58(77)82-50(33-37(3)4)54(73)64-42(9)56(75)71(14)48(34-44-22-26-46(62)27-23-44)57(76)70(13)35-51(72)66-52/h16,21-29,37-38,41-43,48-50,52-53,67H,15,17-20,30-36H2,1-14H3,(H,64,73)(H,65,74)(H,66,72)/b39-16+,40-21+/t38?,41-,42-,43+,48+,49-,50+,52-,53+/m0/s1. The molecule has 3 rings (SSSR count). The van der Waals surface area contributed by atoms with E-state index >= 15 is 0 Å². The number of hydrogen-bond donors (Lipinski definition) is 4. The minimum atomic E-state index is -1.35. The third kappa shape index (κ3) is 22.9. The number of nitrogens with zero attached hydrogens (tertiary/aromatic N) is 4. The number of carbonyl (C=O) groups is 9. The molecule has 466 valence electrons. The maximum absolute atomic E-state index is 14.4. The lowest BCUT2D eigenvalue weighted by molar-refractivity contribution is -0.155. The highest BCUT2D eigenvalue weighted by atomic mass is 35.5. The van der Waals surface area contributed by atoms with E-state index < -0.39 is 115 Å². The number of esters is 2. The maximum Gasteiger partial charge on any atom is 0.409 e. The summed E-state index contributed by atoms with van der Waals surface area (Å²) in [7, 11) is 6.06. The van der Waals surface area contributed by atoms with Crippen LogP contribution in [0.2, 0.25) is 5.02 Å². The van der Waals surface area contributed by atoms with Crippen molar-refractivity contribution >= 4 is 82.7 Å². The average molecular weight is 1210 g/mol. The number of anilines is 1. The SMILES string of the molecule is C/C=C(\C)[C@H]1OC(=O)[C@@H](C)NC(=O)[C@H](C(C)CC)NC(=O)CN(C)C(=O)[C@@H](Cc2ccc(Cl)cc2)N(C)C(=O)[C@H](C)NC(=O)[C@@H](CC(C)C)OC(=O)/C(C)=C/C[C@H](OC(=O)N(C)CCCCCCN(C)C(=O)OCc2ccc(NCl)cc2)[C@@H]1C. The van der Waals surface area contributed by atoms with Gasteiger partial charge in [-0.15, -0.1) is 0 Å². The molecule has 0 saturated carbocycles. The molecule has 84 heavy (non-hydrogen) atoms. The number of hydrogen-bond acceptors (Lipinski definition) is 14. The van der Waals surface area contributed by atoms with Crippen LogP contribution in [0.1, 0.15) is 125 Å². The fraction of sp³-hybridized carbons (Fsp3) is 0.590. The molecule has 0 aromatic heterocycles. The Labute approximate surface area is 506 Å². The van der Waals surface area contributed by atoms with Gasteiger partial charge in [0.05, 0.1) is 6.54 Å². The molecule has 0 bridgehead atoms. The van der Waals surface area contributed by atoms with Crippen molar-refractivity contribution in [3.05, 3.63) is 88.0 Å². The Kier molecular flexibility index (Phi) is 30.1. The van der Waals surface area contributed by atoms with Gasteiger partial charge in [0, 0.05) is 88.1 Å². The molecular formula is C61H90Cl2N8O13. The topological polar surface area (TPSA) is 252 Å². The molecule has 1 aliphatic heterocycles. The number of halogens is 2. The van der Waals surface area contributed by atoms with E-state index in [4.69, 9.17) is 42.3 Å². The van der Waals surface area contributed by atoms with Crippen molar-refractivity contribution in [1.29, 1.82) is 0 Å².